The molecule has 1 aromatic carbocycles. The van der Waals surface area contributed by atoms with Gasteiger partial charge < -0.3 is 9.80 Å². The molecule has 4 nitrogen and oxygen atoms in total. The van der Waals surface area contributed by atoms with E-state index >= 15 is 0 Å². The first-order chi connectivity index (χ1) is 11.4. The van der Waals surface area contributed by atoms with E-state index in [2.05, 4.69) is 0 Å². The number of benzene rings is 1. The quantitative estimate of drug-likeness (QED) is 0.823. The molecule has 2 heterocycles. The van der Waals surface area contributed by atoms with Crippen molar-refractivity contribution in [2.45, 2.75) is 31.6 Å². The minimum atomic E-state index is -0.390. The Morgan fingerprint density at radius 1 is 1.21 bits per heavy atom. The number of likely N-dealkylation sites (tertiary alicyclic amines) is 1. The predicted octanol–water partition coefficient (Wildman–Crippen LogP) is 2.99. The van der Waals surface area contributed by atoms with Gasteiger partial charge >= 0.3 is 0 Å². The van der Waals surface area contributed by atoms with E-state index in [9.17, 15) is 14.0 Å². The van der Waals surface area contributed by atoms with Gasteiger partial charge in [0.15, 0.2) is 0 Å². The first kappa shape index (κ1) is 17.3. The lowest BCUT2D eigenvalue weighted by Crippen LogP contribution is -2.54. The topological polar surface area (TPSA) is 40.6 Å². The minimum absolute atomic E-state index is 0.000287. The Morgan fingerprint density at radius 3 is 2.54 bits per heavy atom. The normalized spacial score (nSPS) is 20.0. The lowest BCUT2D eigenvalue weighted by Gasteiger charge is -2.44. The maximum absolute atomic E-state index is 13.4. The third-order valence-corrected chi connectivity index (χ3v) is 6.40. The maximum atomic E-state index is 13.4. The summed E-state index contributed by atoms with van der Waals surface area (Å²) in [7, 11) is 0. The highest BCUT2D eigenvalue weighted by Gasteiger charge is 2.47. The minimum Gasteiger partial charge on any atom is -0.342 e. The molecule has 0 unspecified atom stereocenters. The largest absolute Gasteiger partial charge is 0.342 e. The van der Waals surface area contributed by atoms with Crippen molar-refractivity contribution in [3.05, 3.63) is 35.6 Å². The highest BCUT2D eigenvalue weighted by atomic mass is 32.2. The molecule has 0 atom stereocenters. The van der Waals surface area contributed by atoms with Crippen molar-refractivity contribution in [1.29, 1.82) is 0 Å². The van der Waals surface area contributed by atoms with Crippen molar-refractivity contribution in [3.63, 3.8) is 0 Å². The molecule has 0 radical (unpaired) electrons. The number of piperidine rings is 1. The summed E-state index contributed by atoms with van der Waals surface area (Å²) in [4.78, 5) is 28.6. The first-order valence-corrected chi connectivity index (χ1v) is 9.42. The second-order valence-electron chi connectivity index (χ2n) is 6.74. The number of amides is 2. The summed E-state index contributed by atoms with van der Waals surface area (Å²) in [6.45, 7) is 5.86. The van der Waals surface area contributed by atoms with Gasteiger partial charge in [0.2, 0.25) is 5.91 Å². The van der Waals surface area contributed by atoms with Gasteiger partial charge in [-0.1, -0.05) is 19.9 Å². The van der Waals surface area contributed by atoms with Gasteiger partial charge in [0.25, 0.3) is 5.91 Å². The smallest absolute Gasteiger partial charge is 0.255 e. The fraction of sp³-hybridized carbons (Fsp3) is 0.556. The monoisotopic (exact) mass is 350 g/mol. The van der Waals surface area contributed by atoms with E-state index in [1.165, 1.54) is 12.1 Å². The van der Waals surface area contributed by atoms with Crippen molar-refractivity contribution in [2.24, 2.45) is 5.92 Å². The molecule has 0 N–H and O–H groups in total. The van der Waals surface area contributed by atoms with Gasteiger partial charge in [-0.25, -0.2) is 4.39 Å². The van der Waals surface area contributed by atoms with Crippen LogP contribution in [0.3, 0.4) is 0 Å². The Kier molecular flexibility index (Phi) is 4.85. The van der Waals surface area contributed by atoms with Crippen LogP contribution in [0.25, 0.3) is 0 Å². The molecule has 0 aliphatic carbocycles. The third kappa shape index (κ3) is 3.16. The molecule has 2 amide bonds. The van der Waals surface area contributed by atoms with E-state index in [1.807, 2.05) is 23.6 Å². The highest BCUT2D eigenvalue weighted by molar-refractivity contribution is 8.00. The van der Waals surface area contributed by atoms with Crippen LogP contribution < -0.4 is 0 Å². The molecule has 0 aromatic heterocycles. The zero-order valence-electron chi connectivity index (χ0n) is 14.1. The Balaban J connectivity index is 1.74. The number of nitrogens with zero attached hydrogens (tertiary/aromatic N) is 2. The van der Waals surface area contributed by atoms with Crippen LogP contribution in [0.15, 0.2) is 24.3 Å². The Labute approximate surface area is 146 Å². The Bertz CT molecular complexity index is 642. The second-order valence-corrected chi connectivity index (χ2v) is 8.20. The average molecular weight is 350 g/mol. The summed E-state index contributed by atoms with van der Waals surface area (Å²) < 4.78 is 13.4. The van der Waals surface area contributed by atoms with Crippen LogP contribution in [-0.2, 0) is 4.79 Å². The van der Waals surface area contributed by atoms with Crippen molar-refractivity contribution in [3.8, 4) is 0 Å². The van der Waals surface area contributed by atoms with Crippen molar-refractivity contribution in [1.82, 2.24) is 9.80 Å². The molecule has 2 saturated heterocycles. The number of carbonyl (C=O) groups is 2. The number of hydrogen-bond acceptors (Lipinski definition) is 3. The highest BCUT2D eigenvalue weighted by Crippen LogP contribution is 2.44. The molecule has 130 valence electrons. The van der Waals surface area contributed by atoms with Crippen LogP contribution >= 0.6 is 11.8 Å². The van der Waals surface area contributed by atoms with Gasteiger partial charge in [0, 0.05) is 36.9 Å². The molecular formula is C18H23FN2O2S. The van der Waals surface area contributed by atoms with Gasteiger partial charge in [0.05, 0.1) is 4.87 Å². The molecule has 6 heteroatoms. The van der Waals surface area contributed by atoms with E-state index < -0.39 is 0 Å². The summed E-state index contributed by atoms with van der Waals surface area (Å²) in [6.07, 6.45) is 1.55. The Hall–Kier alpha value is -1.56. The van der Waals surface area contributed by atoms with Gasteiger partial charge in [0.1, 0.15) is 5.82 Å². The predicted molar refractivity (Wildman–Crippen MR) is 93.3 cm³/mol. The van der Waals surface area contributed by atoms with E-state index in [-0.39, 0.29) is 28.4 Å². The lowest BCUT2D eigenvalue weighted by molar-refractivity contribution is -0.136. The molecule has 2 aliphatic heterocycles. The van der Waals surface area contributed by atoms with Crippen molar-refractivity contribution < 1.29 is 14.0 Å². The van der Waals surface area contributed by atoms with E-state index in [4.69, 9.17) is 0 Å². The SMILES string of the molecule is CC(C)C(=O)N1CCC2(CC1)SCCN2C(=O)c1cccc(F)c1. The van der Waals surface area contributed by atoms with Crippen LogP contribution in [0.1, 0.15) is 37.0 Å². The molecular weight excluding hydrogens is 327 g/mol. The average Bonchev–Trinajstić information content (AvgIpc) is 2.97. The van der Waals surface area contributed by atoms with E-state index in [0.29, 0.717) is 25.2 Å². The molecule has 3 rings (SSSR count). The molecule has 1 spiro atoms. The number of rotatable bonds is 2. The van der Waals surface area contributed by atoms with Crippen molar-refractivity contribution >= 4 is 23.6 Å². The molecule has 1 aromatic rings. The van der Waals surface area contributed by atoms with E-state index in [1.54, 1.807) is 23.9 Å². The zero-order chi connectivity index (χ0) is 17.3. The van der Waals surface area contributed by atoms with Gasteiger partial charge in [-0.2, -0.15) is 0 Å². The second kappa shape index (κ2) is 6.75. The molecule has 2 fully saturated rings. The van der Waals surface area contributed by atoms with Crippen LogP contribution in [0.4, 0.5) is 4.39 Å². The summed E-state index contributed by atoms with van der Waals surface area (Å²) >= 11 is 1.80. The molecule has 0 saturated carbocycles. The molecule has 24 heavy (non-hydrogen) atoms. The van der Waals surface area contributed by atoms with Gasteiger partial charge in [-0.05, 0) is 31.0 Å². The molecule has 0 bridgehead atoms. The van der Waals surface area contributed by atoms with Gasteiger partial charge in [-0.3, -0.25) is 9.59 Å². The fourth-order valence-corrected chi connectivity index (χ4v) is 4.98. The zero-order valence-corrected chi connectivity index (χ0v) is 14.9. The summed E-state index contributed by atoms with van der Waals surface area (Å²) in [5.74, 6) is 0.567. The van der Waals surface area contributed by atoms with Crippen LogP contribution in [0.2, 0.25) is 0 Å². The van der Waals surface area contributed by atoms with Gasteiger partial charge in [-0.15, -0.1) is 11.8 Å². The van der Waals surface area contributed by atoms with E-state index in [0.717, 1.165) is 18.6 Å². The summed E-state index contributed by atoms with van der Waals surface area (Å²) in [5, 5.41) is 0. The Morgan fingerprint density at radius 2 is 1.92 bits per heavy atom. The van der Waals surface area contributed by atoms with Crippen LogP contribution in [-0.4, -0.2) is 51.9 Å². The molecule has 2 aliphatic rings. The third-order valence-electron chi connectivity index (χ3n) is 4.84. The number of thioether (sulfide) groups is 1. The number of carbonyl (C=O) groups excluding carboxylic acids is 2. The standard InChI is InChI=1S/C18H23FN2O2S/c1-13(2)16(22)20-8-6-18(7-9-20)21(10-11-24-18)17(23)14-4-3-5-15(19)12-14/h3-5,12-13H,6-11H2,1-2H3. The summed E-state index contributed by atoms with van der Waals surface area (Å²) in [5.41, 5.74) is 0.401. The first-order valence-electron chi connectivity index (χ1n) is 8.43. The maximum Gasteiger partial charge on any atom is 0.255 e. The van der Waals surface area contributed by atoms with Crippen LogP contribution in [0, 0.1) is 11.7 Å². The lowest BCUT2D eigenvalue weighted by atomic mass is 9.99. The number of hydrogen-bond donors (Lipinski definition) is 0. The summed E-state index contributed by atoms with van der Waals surface area (Å²) in [6, 6.07) is 5.89. The fourth-order valence-electron chi connectivity index (χ4n) is 3.53. The number of halogens is 1. The van der Waals surface area contributed by atoms with Crippen molar-refractivity contribution in [2.75, 3.05) is 25.4 Å². The van der Waals surface area contributed by atoms with Crippen LogP contribution in [0.5, 0.6) is 0 Å².